The van der Waals surface area contributed by atoms with Crippen molar-refractivity contribution < 1.29 is 33.3 Å². The Kier molecular flexibility index (Phi) is 8.64. The van der Waals surface area contributed by atoms with Crippen molar-refractivity contribution >= 4 is 23.4 Å². The number of esters is 1. The number of hydrogen-bond donors (Lipinski definition) is 1. The second-order valence-corrected chi connectivity index (χ2v) is 9.53. The number of Topliss-reactive ketones (excluding diaryl/α,β-unsaturated/α-hetero) is 1. The van der Waals surface area contributed by atoms with E-state index in [-0.39, 0.29) is 31.3 Å². The summed E-state index contributed by atoms with van der Waals surface area (Å²) in [6.45, 7) is 2.15. The monoisotopic (exact) mass is 541 g/mol. The molecule has 8 nitrogen and oxygen atoms in total. The number of methoxy groups -OCH3 is 4. The molecule has 9 heteroatoms. The van der Waals surface area contributed by atoms with Crippen LogP contribution in [0.5, 0.6) is 17.2 Å². The number of rotatable bonds is 9. The van der Waals surface area contributed by atoms with Gasteiger partial charge in [0.05, 0.1) is 33.5 Å². The van der Waals surface area contributed by atoms with Crippen molar-refractivity contribution in [3.63, 3.8) is 0 Å². The molecule has 2 aromatic rings. The molecular formula is C29H32ClNO7. The van der Waals surface area contributed by atoms with E-state index in [1.165, 1.54) is 28.4 Å². The maximum atomic E-state index is 13.9. The first-order valence-corrected chi connectivity index (χ1v) is 12.7. The van der Waals surface area contributed by atoms with E-state index in [0.29, 0.717) is 51.1 Å². The molecule has 0 saturated carbocycles. The van der Waals surface area contributed by atoms with E-state index in [1.807, 2.05) is 31.2 Å². The third-order valence-electron chi connectivity index (χ3n) is 6.93. The average Bonchev–Trinajstić information content (AvgIpc) is 2.91. The third-order valence-corrected chi connectivity index (χ3v) is 7.28. The summed E-state index contributed by atoms with van der Waals surface area (Å²) in [5.41, 5.74) is 3.81. The lowest BCUT2D eigenvalue weighted by molar-refractivity contribution is -0.140. The zero-order chi connectivity index (χ0) is 27.4. The van der Waals surface area contributed by atoms with E-state index in [0.717, 1.165) is 11.3 Å². The van der Waals surface area contributed by atoms with Crippen molar-refractivity contribution in [1.82, 2.24) is 5.32 Å². The van der Waals surface area contributed by atoms with Gasteiger partial charge in [-0.2, -0.15) is 0 Å². The summed E-state index contributed by atoms with van der Waals surface area (Å²) in [5.74, 6) is -0.134. The van der Waals surface area contributed by atoms with Gasteiger partial charge in [0.1, 0.15) is 6.61 Å². The Balaban J connectivity index is 1.86. The van der Waals surface area contributed by atoms with Crippen LogP contribution in [-0.2, 0) is 19.1 Å². The van der Waals surface area contributed by atoms with Crippen LogP contribution >= 0.6 is 11.6 Å². The standard InChI is InChI=1S/C29H32ClNO7/c1-16-25(29(33)38-11-10-34-2)26(18-14-23(35-3)28(37-5)24(15-18)36-4)27-21(31-16)12-17(13-22(27)32)19-8-6-7-9-20(19)30/h6-9,14-15,17,26,31H,10-13H2,1-5H3/t17-,26-/m1/s1. The van der Waals surface area contributed by atoms with Crippen molar-refractivity contribution in [2.24, 2.45) is 0 Å². The van der Waals surface area contributed by atoms with E-state index in [1.54, 1.807) is 12.1 Å². The summed E-state index contributed by atoms with van der Waals surface area (Å²) >= 11 is 6.49. The van der Waals surface area contributed by atoms with Crippen LogP contribution in [0.4, 0.5) is 0 Å². The van der Waals surface area contributed by atoms with Crippen molar-refractivity contribution in [3.8, 4) is 17.2 Å². The quantitative estimate of drug-likeness (QED) is 0.353. The second kappa shape index (κ2) is 11.9. The molecule has 0 unspecified atom stereocenters. The summed E-state index contributed by atoms with van der Waals surface area (Å²) in [6, 6.07) is 11.1. The van der Waals surface area contributed by atoms with Gasteiger partial charge >= 0.3 is 5.97 Å². The highest BCUT2D eigenvalue weighted by atomic mass is 35.5. The van der Waals surface area contributed by atoms with Gasteiger partial charge < -0.3 is 29.0 Å². The van der Waals surface area contributed by atoms with Crippen LogP contribution in [0.2, 0.25) is 5.02 Å². The second-order valence-electron chi connectivity index (χ2n) is 9.13. The molecule has 2 aromatic carbocycles. The fraction of sp³-hybridized carbons (Fsp3) is 0.379. The summed E-state index contributed by atoms with van der Waals surface area (Å²) in [7, 11) is 6.10. The number of carbonyl (C=O) groups is 2. The first kappa shape index (κ1) is 27.5. The molecule has 0 aromatic heterocycles. The van der Waals surface area contributed by atoms with Crippen LogP contribution < -0.4 is 19.5 Å². The molecule has 2 atom stereocenters. The van der Waals surface area contributed by atoms with Gasteiger partial charge in [-0.15, -0.1) is 0 Å². The predicted molar refractivity (Wildman–Crippen MR) is 143 cm³/mol. The largest absolute Gasteiger partial charge is 0.493 e. The van der Waals surface area contributed by atoms with Gasteiger partial charge in [-0.1, -0.05) is 29.8 Å². The molecule has 38 heavy (non-hydrogen) atoms. The highest BCUT2D eigenvalue weighted by Crippen LogP contribution is 2.49. The minimum Gasteiger partial charge on any atom is -0.493 e. The fourth-order valence-electron chi connectivity index (χ4n) is 5.23. The normalized spacial score (nSPS) is 19.1. The Bertz CT molecular complexity index is 1270. The van der Waals surface area contributed by atoms with E-state index < -0.39 is 11.9 Å². The molecule has 0 radical (unpaired) electrons. The molecule has 0 saturated heterocycles. The van der Waals surface area contributed by atoms with E-state index >= 15 is 0 Å². The zero-order valence-corrected chi connectivity index (χ0v) is 22.9. The SMILES string of the molecule is COCCOC(=O)C1=C(C)NC2=C(C(=O)C[C@H](c3ccccc3Cl)C2)[C@@H]1c1cc(OC)c(OC)c(OC)c1. The van der Waals surface area contributed by atoms with Gasteiger partial charge in [0.25, 0.3) is 0 Å². The smallest absolute Gasteiger partial charge is 0.336 e. The Morgan fingerprint density at radius 2 is 1.68 bits per heavy atom. The van der Waals surface area contributed by atoms with Crippen LogP contribution in [0.1, 0.15) is 42.7 Å². The van der Waals surface area contributed by atoms with E-state index in [9.17, 15) is 9.59 Å². The van der Waals surface area contributed by atoms with Crippen molar-refractivity contribution in [2.45, 2.75) is 31.6 Å². The van der Waals surface area contributed by atoms with Crippen LogP contribution in [0.15, 0.2) is 58.9 Å². The number of allylic oxidation sites excluding steroid dienone is 3. The topological polar surface area (TPSA) is 92.3 Å². The summed E-state index contributed by atoms with van der Waals surface area (Å²) in [5, 5.41) is 3.97. The number of ketones is 1. The predicted octanol–water partition coefficient (Wildman–Crippen LogP) is 4.92. The highest BCUT2D eigenvalue weighted by Gasteiger charge is 2.42. The fourth-order valence-corrected chi connectivity index (χ4v) is 5.52. The molecule has 0 amide bonds. The molecule has 1 heterocycles. The maximum absolute atomic E-state index is 13.9. The maximum Gasteiger partial charge on any atom is 0.336 e. The summed E-state index contributed by atoms with van der Waals surface area (Å²) in [4.78, 5) is 27.2. The number of halogens is 1. The number of benzene rings is 2. The first-order chi connectivity index (χ1) is 18.3. The number of carbonyl (C=O) groups excluding carboxylic acids is 2. The van der Waals surface area contributed by atoms with Crippen molar-refractivity contribution in [1.29, 1.82) is 0 Å². The molecular weight excluding hydrogens is 510 g/mol. The average molecular weight is 542 g/mol. The van der Waals surface area contributed by atoms with Crippen molar-refractivity contribution in [2.75, 3.05) is 41.7 Å². The van der Waals surface area contributed by atoms with Gasteiger partial charge in [0.2, 0.25) is 5.75 Å². The van der Waals surface area contributed by atoms with Crippen LogP contribution in [0.3, 0.4) is 0 Å². The van der Waals surface area contributed by atoms with Gasteiger partial charge in [0.15, 0.2) is 17.3 Å². The molecule has 202 valence electrons. The van der Waals surface area contributed by atoms with Crippen LogP contribution in [0.25, 0.3) is 0 Å². The Morgan fingerprint density at radius 3 is 2.29 bits per heavy atom. The minimum atomic E-state index is -0.699. The number of dihydropyridines is 1. The summed E-state index contributed by atoms with van der Waals surface area (Å²) < 4.78 is 27.2. The summed E-state index contributed by atoms with van der Waals surface area (Å²) in [6.07, 6.45) is 0.825. The molecule has 1 aliphatic heterocycles. The van der Waals surface area contributed by atoms with Gasteiger partial charge in [-0.25, -0.2) is 4.79 Å². The van der Waals surface area contributed by atoms with Crippen LogP contribution in [-0.4, -0.2) is 53.4 Å². The lowest BCUT2D eigenvalue weighted by Gasteiger charge is -2.37. The number of nitrogens with one attached hydrogen (secondary N) is 1. The van der Waals surface area contributed by atoms with Gasteiger partial charge in [-0.3, -0.25) is 4.79 Å². The highest BCUT2D eigenvalue weighted by molar-refractivity contribution is 6.31. The number of hydrogen-bond acceptors (Lipinski definition) is 8. The molecule has 4 rings (SSSR count). The van der Waals surface area contributed by atoms with E-state index in [4.69, 9.17) is 35.3 Å². The zero-order valence-electron chi connectivity index (χ0n) is 22.2. The molecule has 2 aliphatic rings. The van der Waals surface area contributed by atoms with Gasteiger partial charge in [0, 0.05) is 41.4 Å². The lowest BCUT2D eigenvalue weighted by Crippen LogP contribution is -2.36. The Morgan fingerprint density at radius 1 is 1.00 bits per heavy atom. The minimum absolute atomic E-state index is 0.0721. The molecule has 1 aliphatic carbocycles. The Hall–Kier alpha value is -3.49. The van der Waals surface area contributed by atoms with E-state index in [2.05, 4.69) is 5.32 Å². The third kappa shape index (κ3) is 5.24. The molecule has 0 spiro atoms. The van der Waals surface area contributed by atoms with Crippen LogP contribution in [0, 0.1) is 0 Å². The first-order valence-electron chi connectivity index (χ1n) is 12.3. The van der Waals surface area contributed by atoms with Gasteiger partial charge in [-0.05, 0) is 48.6 Å². The molecule has 1 N–H and O–H groups in total. The van der Waals surface area contributed by atoms with Crippen molar-refractivity contribution in [3.05, 3.63) is 75.1 Å². The Labute approximate surface area is 227 Å². The lowest BCUT2D eigenvalue weighted by atomic mass is 9.71. The molecule has 0 bridgehead atoms. The number of ether oxygens (including phenoxy) is 5. The molecule has 0 fully saturated rings.